The molecule has 0 fully saturated rings. The van der Waals surface area contributed by atoms with E-state index in [1.54, 1.807) is 35.6 Å². The smallest absolute Gasteiger partial charge is 0.262 e. The Hall–Kier alpha value is -2.80. The number of benzene rings is 1. The van der Waals surface area contributed by atoms with Crippen LogP contribution in [0.5, 0.6) is 0 Å². The lowest BCUT2D eigenvalue weighted by Crippen LogP contribution is -2.28. The van der Waals surface area contributed by atoms with E-state index in [9.17, 15) is 14.4 Å². The van der Waals surface area contributed by atoms with E-state index in [2.05, 4.69) is 10.3 Å². The maximum atomic E-state index is 12.8. The fourth-order valence-electron chi connectivity index (χ4n) is 3.30. The first-order valence-corrected chi connectivity index (χ1v) is 9.25. The summed E-state index contributed by atoms with van der Waals surface area (Å²) in [7, 11) is 0. The average Bonchev–Trinajstić information content (AvgIpc) is 3.18. The number of thiophene rings is 1. The lowest BCUT2D eigenvalue weighted by molar-refractivity contribution is -0.116. The Balaban J connectivity index is 1.58. The molecule has 4 rings (SSSR count). The first kappa shape index (κ1) is 16.7. The van der Waals surface area contributed by atoms with Gasteiger partial charge < -0.3 is 5.32 Å². The van der Waals surface area contributed by atoms with Crippen molar-refractivity contribution in [2.45, 2.75) is 32.7 Å². The average molecular weight is 367 g/mol. The van der Waals surface area contributed by atoms with Crippen LogP contribution in [-0.4, -0.2) is 21.2 Å². The number of amides is 1. The predicted molar refractivity (Wildman–Crippen MR) is 101 cm³/mol. The number of nitrogens with zero attached hydrogens (tertiary/aromatic N) is 2. The molecule has 0 aliphatic heterocycles. The topological polar surface area (TPSA) is 81.1 Å². The van der Waals surface area contributed by atoms with Crippen molar-refractivity contribution in [2.75, 3.05) is 5.32 Å². The van der Waals surface area contributed by atoms with Gasteiger partial charge in [-0.05, 0) is 43.9 Å². The first-order chi connectivity index (χ1) is 12.5. The number of hydrogen-bond donors (Lipinski definition) is 1. The van der Waals surface area contributed by atoms with E-state index in [4.69, 9.17) is 0 Å². The highest BCUT2D eigenvalue weighted by molar-refractivity contribution is 7.18. The molecule has 0 unspecified atom stereocenters. The molecule has 3 aromatic rings. The van der Waals surface area contributed by atoms with Gasteiger partial charge in [0.1, 0.15) is 11.4 Å². The van der Waals surface area contributed by atoms with Crippen LogP contribution in [-0.2, 0) is 24.2 Å². The second-order valence-corrected chi connectivity index (χ2v) is 7.48. The minimum Gasteiger partial charge on any atom is -0.325 e. The molecular weight excluding hydrogens is 350 g/mol. The van der Waals surface area contributed by atoms with Crippen LogP contribution in [0.25, 0.3) is 10.2 Å². The van der Waals surface area contributed by atoms with Crippen LogP contribution in [0.1, 0.15) is 34.1 Å². The number of aromatic nitrogens is 2. The molecule has 2 heterocycles. The predicted octanol–water partition coefficient (Wildman–Crippen LogP) is 2.79. The minimum atomic E-state index is -0.333. The Morgan fingerprint density at radius 2 is 2.15 bits per heavy atom. The Morgan fingerprint density at radius 1 is 1.31 bits per heavy atom. The number of carbonyl (C=O) groups excluding carboxylic acids is 2. The first-order valence-electron chi connectivity index (χ1n) is 8.43. The van der Waals surface area contributed by atoms with Gasteiger partial charge in [0.05, 0.1) is 11.7 Å². The number of rotatable bonds is 4. The monoisotopic (exact) mass is 367 g/mol. The highest BCUT2D eigenvalue weighted by Crippen LogP contribution is 2.34. The van der Waals surface area contributed by atoms with Gasteiger partial charge in [0.2, 0.25) is 5.91 Å². The third-order valence-corrected chi connectivity index (χ3v) is 5.76. The fraction of sp³-hybridized carbons (Fsp3) is 0.263. The lowest BCUT2D eigenvalue weighted by Gasteiger charge is -2.08. The molecule has 0 saturated carbocycles. The number of aryl methyl sites for hydroxylation is 2. The summed E-state index contributed by atoms with van der Waals surface area (Å²) in [6.07, 6.45) is 4.41. The summed E-state index contributed by atoms with van der Waals surface area (Å²) in [6.45, 7) is 1.36. The normalized spacial score (nSPS) is 13.0. The molecule has 0 saturated heterocycles. The SMILES string of the molecule is CC(=O)c1cccc(NC(=O)Cn2cnc3sc4c(c3c2=O)CCC4)c1. The summed E-state index contributed by atoms with van der Waals surface area (Å²) in [5.41, 5.74) is 1.99. The van der Waals surface area contributed by atoms with Crippen molar-refractivity contribution in [1.82, 2.24) is 9.55 Å². The van der Waals surface area contributed by atoms with E-state index in [1.807, 2.05) is 0 Å². The quantitative estimate of drug-likeness (QED) is 0.719. The second kappa shape index (κ2) is 6.49. The molecule has 1 N–H and O–H groups in total. The Labute approximate surface area is 153 Å². The van der Waals surface area contributed by atoms with Crippen LogP contribution in [0, 0.1) is 0 Å². The molecule has 1 aliphatic rings. The molecule has 2 aromatic heterocycles. The van der Waals surface area contributed by atoms with Crippen molar-refractivity contribution >= 4 is 38.9 Å². The van der Waals surface area contributed by atoms with Gasteiger partial charge in [-0.25, -0.2) is 4.98 Å². The van der Waals surface area contributed by atoms with Gasteiger partial charge in [0, 0.05) is 16.1 Å². The lowest BCUT2D eigenvalue weighted by atomic mass is 10.1. The van der Waals surface area contributed by atoms with E-state index >= 15 is 0 Å². The summed E-state index contributed by atoms with van der Waals surface area (Å²) in [6, 6.07) is 6.73. The summed E-state index contributed by atoms with van der Waals surface area (Å²) in [5, 5.41) is 3.39. The van der Waals surface area contributed by atoms with Gasteiger partial charge in [-0.3, -0.25) is 19.0 Å². The van der Waals surface area contributed by atoms with E-state index < -0.39 is 0 Å². The minimum absolute atomic E-state index is 0.0710. The van der Waals surface area contributed by atoms with Crippen LogP contribution in [0.15, 0.2) is 35.4 Å². The second-order valence-electron chi connectivity index (χ2n) is 6.40. The van der Waals surface area contributed by atoms with Crippen molar-refractivity contribution in [3.8, 4) is 0 Å². The molecule has 26 heavy (non-hydrogen) atoms. The maximum Gasteiger partial charge on any atom is 0.262 e. The summed E-state index contributed by atoms with van der Waals surface area (Å²) < 4.78 is 1.35. The molecule has 0 atom stereocenters. The van der Waals surface area contributed by atoms with Crippen molar-refractivity contribution in [3.63, 3.8) is 0 Å². The number of nitrogens with one attached hydrogen (secondary N) is 1. The third kappa shape index (κ3) is 2.94. The van der Waals surface area contributed by atoms with Crippen LogP contribution in [0.4, 0.5) is 5.69 Å². The van der Waals surface area contributed by atoms with Crippen LogP contribution >= 0.6 is 11.3 Å². The zero-order chi connectivity index (χ0) is 18.3. The molecule has 132 valence electrons. The summed E-state index contributed by atoms with van der Waals surface area (Å²) in [4.78, 5) is 42.9. The van der Waals surface area contributed by atoms with Crippen molar-refractivity contribution < 1.29 is 9.59 Å². The van der Waals surface area contributed by atoms with Crippen molar-refractivity contribution in [1.29, 1.82) is 0 Å². The van der Waals surface area contributed by atoms with Gasteiger partial charge >= 0.3 is 0 Å². The van der Waals surface area contributed by atoms with E-state index in [0.717, 1.165) is 29.7 Å². The molecular formula is C19H17N3O3S. The number of anilines is 1. The number of fused-ring (bicyclic) bond motifs is 3. The zero-order valence-electron chi connectivity index (χ0n) is 14.2. The number of hydrogen-bond acceptors (Lipinski definition) is 5. The highest BCUT2D eigenvalue weighted by atomic mass is 32.1. The molecule has 1 aliphatic carbocycles. The van der Waals surface area contributed by atoms with Gasteiger partial charge in [-0.1, -0.05) is 12.1 Å². The Kier molecular flexibility index (Phi) is 4.16. The van der Waals surface area contributed by atoms with Gasteiger partial charge in [0.15, 0.2) is 5.78 Å². The fourth-order valence-corrected chi connectivity index (χ4v) is 4.52. The third-order valence-electron chi connectivity index (χ3n) is 4.56. The van der Waals surface area contributed by atoms with E-state index in [0.29, 0.717) is 16.6 Å². The number of Topliss-reactive ketones (excluding diaryl/α,β-unsaturated/α-hetero) is 1. The molecule has 0 bridgehead atoms. The molecule has 0 spiro atoms. The highest BCUT2D eigenvalue weighted by Gasteiger charge is 2.21. The summed E-state index contributed by atoms with van der Waals surface area (Å²) in [5.74, 6) is -0.404. The maximum absolute atomic E-state index is 12.8. The van der Waals surface area contributed by atoms with E-state index in [1.165, 1.54) is 22.7 Å². The van der Waals surface area contributed by atoms with Gasteiger partial charge in [0.25, 0.3) is 5.56 Å². The molecule has 1 aromatic carbocycles. The van der Waals surface area contributed by atoms with Crippen molar-refractivity contribution in [2.24, 2.45) is 0 Å². The number of ketones is 1. The Bertz CT molecular complexity index is 1100. The molecule has 1 amide bonds. The van der Waals surface area contributed by atoms with Crippen LogP contribution in [0.3, 0.4) is 0 Å². The number of carbonyl (C=O) groups is 2. The summed E-state index contributed by atoms with van der Waals surface area (Å²) >= 11 is 1.58. The van der Waals surface area contributed by atoms with Gasteiger partial charge in [-0.2, -0.15) is 0 Å². The Morgan fingerprint density at radius 3 is 2.96 bits per heavy atom. The standard InChI is InChI=1S/C19H17N3O3S/c1-11(23)12-4-2-5-13(8-12)21-16(24)9-22-10-20-18-17(19(22)25)14-6-3-7-15(14)26-18/h2,4-5,8,10H,3,6-7,9H2,1H3,(H,21,24). The van der Waals surface area contributed by atoms with Crippen LogP contribution in [0.2, 0.25) is 0 Å². The molecule has 7 heteroatoms. The van der Waals surface area contributed by atoms with Gasteiger partial charge in [-0.15, -0.1) is 11.3 Å². The largest absolute Gasteiger partial charge is 0.325 e. The van der Waals surface area contributed by atoms with Crippen LogP contribution < -0.4 is 10.9 Å². The molecule has 6 nitrogen and oxygen atoms in total. The molecule has 0 radical (unpaired) electrons. The van der Waals surface area contributed by atoms with E-state index in [-0.39, 0.29) is 23.8 Å². The zero-order valence-corrected chi connectivity index (χ0v) is 15.1. The van der Waals surface area contributed by atoms with Crippen molar-refractivity contribution in [3.05, 3.63) is 57.0 Å².